The molecule has 2 aliphatic rings. The first-order chi connectivity index (χ1) is 8.13. The van der Waals surface area contributed by atoms with E-state index in [0.717, 1.165) is 22.1 Å². The second-order valence-electron chi connectivity index (χ2n) is 4.24. The average molecular weight is 252 g/mol. The maximum absolute atomic E-state index is 11.7. The molecule has 0 spiro atoms. The van der Waals surface area contributed by atoms with E-state index in [4.69, 9.17) is 9.63 Å². The number of rotatable bonds is 2. The van der Waals surface area contributed by atoms with Gasteiger partial charge in [0.15, 0.2) is 0 Å². The van der Waals surface area contributed by atoms with Gasteiger partial charge in [0.2, 0.25) is 5.91 Å². The quantitative estimate of drug-likeness (QED) is 0.801. The Morgan fingerprint density at radius 1 is 1.59 bits per heavy atom. The number of carbonyl (C=O) groups excluding carboxylic acids is 1. The summed E-state index contributed by atoms with van der Waals surface area (Å²) in [5.74, 6) is 0.471. The normalized spacial score (nSPS) is 27.5. The summed E-state index contributed by atoms with van der Waals surface area (Å²) >= 11 is 1.57. The van der Waals surface area contributed by atoms with Gasteiger partial charge in [0, 0.05) is 11.8 Å². The third-order valence-electron chi connectivity index (χ3n) is 3.14. The van der Waals surface area contributed by atoms with Crippen LogP contribution >= 0.6 is 11.8 Å². The van der Waals surface area contributed by atoms with Crippen LogP contribution in [0.15, 0.2) is 16.3 Å². The van der Waals surface area contributed by atoms with Gasteiger partial charge in [0.05, 0.1) is 17.4 Å². The Bertz CT molecular complexity index is 523. The van der Waals surface area contributed by atoms with Crippen LogP contribution in [0.2, 0.25) is 0 Å². The van der Waals surface area contributed by atoms with Gasteiger partial charge in [-0.2, -0.15) is 0 Å². The number of nitrogens with zero attached hydrogens (tertiary/aromatic N) is 2. The van der Waals surface area contributed by atoms with Crippen LogP contribution in [0, 0.1) is 12.8 Å². The van der Waals surface area contributed by atoms with Crippen molar-refractivity contribution in [2.45, 2.75) is 19.2 Å². The standard InChI is InChI=1S/C11H12N2O3S/c1-5-3-8(12-16-5)9-6(2)13-10(15)7(4-14)11(13)17-9/h3,7,11,14H,4H2,1-2H3/t7-,11+/m0/s1. The zero-order chi connectivity index (χ0) is 12.2. The largest absolute Gasteiger partial charge is 0.395 e. The Morgan fingerprint density at radius 2 is 2.35 bits per heavy atom. The molecule has 2 aliphatic heterocycles. The van der Waals surface area contributed by atoms with E-state index in [1.165, 1.54) is 0 Å². The maximum atomic E-state index is 11.7. The van der Waals surface area contributed by atoms with E-state index in [2.05, 4.69) is 5.16 Å². The number of thioether (sulfide) groups is 1. The van der Waals surface area contributed by atoms with Gasteiger partial charge in [-0.1, -0.05) is 16.9 Å². The third-order valence-corrected chi connectivity index (χ3v) is 4.66. The first-order valence-electron chi connectivity index (χ1n) is 5.38. The lowest BCUT2D eigenvalue weighted by molar-refractivity contribution is -0.148. The van der Waals surface area contributed by atoms with Crippen LogP contribution in [0.5, 0.6) is 0 Å². The zero-order valence-electron chi connectivity index (χ0n) is 9.51. The summed E-state index contributed by atoms with van der Waals surface area (Å²) in [7, 11) is 0. The number of hydrogen-bond acceptors (Lipinski definition) is 5. The van der Waals surface area contributed by atoms with Crippen molar-refractivity contribution >= 4 is 22.6 Å². The molecule has 1 saturated heterocycles. The number of amides is 1. The molecule has 1 aromatic heterocycles. The van der Waals surface area contributed by atoms with Crippen molar-refractivity contribution in [2.75, 3.05) is 6.61 Å². The van der Waals surface area contributed by atoms with Crippen LogP contribution < -0.4 is 0 Å². The molecule has 3 heterocycles. The van der Waals surface area contributed by atoms with Gasteiger partial charge in [-0.3, -0.25) is 4.79 Å². The minimum Gasteiger partial charge on any atom is -0.395 e. The molecule has 3 rings (SSSR count). The SMILES string of the molecule is CC1=C(c2cc(C)on2)S[C@@H]2[C@@H](CO)C(=O)N12. The predicted molar refractivity (Wildman–Crippen MR) is 62.6 cm³/mol. The summed E-state index contributed by atoms with van der Waals surface area (Å²) in [6.45, 7) is 3.64. The molecule has 0 radical (unpaired) electrons. The molecular formula is C11H12N2O3S. The van der Waals surface area contributed by atoms with Crippen molar-refractivity contribution < 1.29 is 14.4 Å². The molecule has 0 aromatic carbocycles. The Labute approximate surface area is 102 Å². The van der Waals surface area contributed by atoms with Crippen LogP contribution in [0.25, 0.3) is 4.91 Å². The molecule has 0 unspecified atom stereocenters. The monoisotopic (exact) mass is 252 g/mol. The molecule has 90 valence electrons. The molecule has 0 saturated carbocycles. The fraction of sp³-hybridized carbons (Fsp3) is 0.455. The topological polar surface area (TPSA) is 66.6 Å². The highest BCUT2D eigenvalue weighted by Gasteiger charge is 2.53. The fourth-order valence-corrected chi connectivity index (χ4v) is 3.68. The number of aromatic nitrogens is 1. The van der Waals surface area contributed by atoms with Gasteiger partial charge >= 0.3 is 0 Å². The lowest BCUT2D eigenvalue weighted by Crippen LogP contribution is -2.57. The smallest absolute Gasteiger partial charge is 0.236 e. The first-order valence-corrected chi connectivity index (χ1v) is 6.26. The molecule has 1 fully saturated rings. The second kappa shape index (κ2) is 3.61. The second-order valence-corrected chi connectivity index (χ2v) is 5.37. The Morgan fingerprint density at radius 3 is 2.94 bits per heavy atom. The van der Waals surface area contributed by atoms with E-state index < -0.39 is 0 Å². The van der Waals surface area contributed by atoms with Crippen molar-refractivity contribution in [1.82, 2.24) is 10.1 Å². The van der Waals surface area contributed by atoms with E-state index >= 15 is 0 Å². The van der Waals surface area contributed by atoms with E-state index in [1.54, 1.807) is 16.7 Å². The number of aliphatic hydroxyl groups is 1. The Balaban J connectivity index is 1.93. The molecule has 0 bridgehead atoms. The van der Waals surface area contributed by atoms with Crippen molar-refractivity contribution in [2.24, 2.45) is 5.92 Å². The van der Waals surface area contributed by atoms with E-state index in [0.29, 0.717) is 0 Å². The number of carbonyl (C=O) groups is 1. The summed E-state index contributed by atoms with van der Waals surface area (Å²) < 4.78 is 5.05. The van der Waals surface area contributed by atoms with Crippen LogP contribution in [0.4, 0.5) is 0 Å². The average Bonchev–Trinajstić information content (AvgIpc) is 2.81. The number of hydrogen-bond donors (Lipinski definition) is 1. The van der Waals surface area contributed by atoms with Gasteiger partial charge in [0.1, 0.15) is 16.8 Å². The van der Waals surface area contributed by atoms with Gasteiger partial charge < -0.3 is 14.5 Å². The number of β-lactam (4-membered cyclic amide) rings is 1. The fourth-order valence-electron chi connectivity index (χ4n) is 2.22. The summed E-state index contributed by atoms with van der Waals surface area (Å²) in [6, 6.07) is 1.86. The summed E-state index contributed by atoms with van der Waals surface area (Å²) in [6.07, 6.45) is 0. The highest BCUT2D eigenvalue weighted by atomic mass is 32.2. The van der Waals surface area contributed by atoms with Crippen molar-refractivity contribution in [3.8, 4) is 0 Å². The Kier molecular flexibility index (Phi) is 2.31. The third kappa shape index (κ3) is 1.37. The lowest BCUT2D eigenvalue weighted by Gasteiger charge is -2.41. The van der Waals surface area contributed by atoms with E-state index in [-0.39, 0.29) is 23.8 Å². The summed E-state index contributed by atoms with van der Waals surface area (Å²) in [5.41, 5.74) is 1.67. The van der Waals surface area contributed by atoms with Crippen LogP contribution in [0.3, 0.4) is 0 Å². The van der Waals surface area contributed by atoms with Crippen LogP contribution in [-0.2, 0) is 4.79 Å². The van der Waals surface area contributed by atoms with Crippen LogP contribution in [-0.4, -0.2) is 33.1 Å². The zero-order valence-corrected chi connectivity index (χ0v) is 10.3. The highest BCUT2D eigenvalue weighted by molar-refractivity contribution is 8.09. The Hall–Kier alpha value is -1.27. The molecular weight excluding hydrogens is 240 g/mol. The lowest BCUT2D eigenvalue weighted by atomic mass is 9.98. The minimum atomic E-state index is -0.277. The number of aliphatic hydroxyl groups excluding tert-OH is 1. The number of fused-ring (bicyclic) bond motifs is 1. The number of allylic oxidation sites excluding steroid dienone is 1. The maximum Gasteiger partial charge on any atom is 0.236 e. The molecule has 6 heteroatoms. The van der Waals surface area contributed by atoms with Crippen LogP contribution in [0.1, 0.15) is 18.4 Å². The van der Waals surface area contributed by atoms with Gasteiger partial charge in [-0.15, -0.1) is 0 Å². The molecule has 1 amide bonds. The van der Waals surface area contributed by atoms with Crippen molar-refractivity contribution in [3.63, 3.8) is 0 Å². The molecule has 1 N–H and O–H groups in total. The van der Waals surface area contributed by atoms with Crippen molar-refractivity contribution in [1.29, 1.82) is 0 Å². The van der Waals surface area contributed by atoms with E-state index in [1.807, 2.05) is 19.9 Å². The molecule has 2 atom stereocenters. The minimum absolute atomic E-state index is 0.00211. The van der Waals surface area contributed by atoms with Crippen molar-refractivity contribution in [3.05, 3.63) is 23.2 Å². The predicted octanol–water partition coefficient (Wildman–Crippen LogP) is 1.20. The molecule has 5 nitrogen and oxygen atoms in total. The van der Waals surface area contributed by atoms with Gasteiger partial charge in [-0.05, 0) is 13.8 Å². The number of aryl methyl sites for hydroxylation is 1. The molecule has 0 aliphatic carbocycles. The summed E-state index contributed by atoms with van der Waals surface area (Å²) in [5, 5.41) is 13.1. The highest BCUT2D eigenvalue weighted by Crippen LogP contribution is 2.52. The summed E-state index contributed by atoms with van der Waals surface area (Å²) in [4.78, 5) is 14.4. The van der Waals surface area contributed by atoms with Gasteiger partial charge in [-0.25, -0.2) is 0 Å². The molecule has 17 heavy (non-hydrogen) atoms. The van der Waals surface area contributed by atoms with E-state index in [9.17, 15) is 4.79 Å². The first kappa shape index (κ1) is 10.9. The molecule has 1 aromatic rings. The van der Waals surface area contributed by atoms with Gasteiger partial charge in [0.25, 0.3) is 0 Å².